The fourth-order valence-corrected chi connectivity index (χ4v) is 4.19. The van der Waals surface area contributed by atoms with Crippen molar-refractivity contribution in [1.82, 2.24) is 0 Å². The Morgan fingerprint density at radius 1 is 0.926 bits per heavy atom. The van der Waals surface area contributed by atoms with Crippen LogP contribution in [0.2, 0.25) is 0 Å². The molecule has 2 aromatic rings. The second-order valence-corrected chi connectivity index (χ2v) is 7.19. The third-order valence-corrected chi connectivity index (χ3v) is 5.47. The van der Waals surface area contributed by atoms with Crippen LogP contribution in [0.15, 0.2) is 77.0 Å². The van der Waals surface area contributed by atoms with Crippen LogP contribution in [0.4, 0.5) is 17.1 Å². The van der Waals surface area contributed by atoms with E-state index in [0.717, 1.165) is 5.69 Å². The van der Waals surface area contributed by atoms with Gasteiger partial charge in [-0.2, -0.15) is 10.2 Å². The van der Waals surface area contributed by atoms with E-state index in [0.29, 0.717) is 11.4 Å². The van der Waals surface area contributed by atoms with E-state index in [9.17, 15) is 9.59 Å². The fourth-order valence-electron chi connectivity index (χ4n) is 4.19. The highest BCUT2D eigenvalue weighted by molar-refractivity contribution is 6.23. The minimum Gasteiger partial charge on any atom is -0.362 e. The van der Waals surface area contributed by atoms with Crippen LogP contribution in [-0.2, 0) is 14.3 Å². The molecule has 0 unspecified atom stereocenters. The highest BCUT2D eigenvalue weighted by atomic mass is 16.5. The predicted octanol–water partition coefficient (Wildman–Crippen LogP) is 3.93. The van der Waals surface area contributed by atoms with Crippen molar-refractivity contribution in [3.63, 3.8) is 0 Å². The van der Waals surface area contributed by atoms with E-state index in [-0.39, 0.29) is 17.9 Å². The standard InChI is InChI=1S/C21H17N3O3/c1-21-12-11-16(27-21)17-18(21)20(26)24(19(17)25)15-9-7-14(8-10-15)23-22-13-5-3-2-4-6-13/h2-12,16-18H,1H3/t16-,17-,18-,21+/m1/s1. The lowest BCUT2D eigenvalue weighted by Crippen LogP contribution is -2.38. The molecule has 6 heteroatoms. The van der Waals surface area contributed by atoms with Gasteiger partial charge in [0.2, 0.25) is 11.8 Å². The zero-order chi connectivity index (χ0) is 18.6. The number of hydrogen-bond acceptors (Lipinski definition) is 5. The summed E-state index contributed by atoms with van der Waals surface area (Å²) in [5.74, 6) is -1.26. The maximum Gasteiger partial charge on any atom is 0.241 e. The molecular weight excluding hydrogens is 342 g/mol. The van der Waals surface area contributed by atoms with Gasteiger partial charge in [0.15, 0.2) is 0 Å². The van der Waals surface area contributed by atoms with Crippen LogP contribution in [0.25, 0.3) is 0 Å². The van der Waals surface area contributed by atoms with Gasteiger partial charge in [-0.3, -0.25) is 9.59 Å². The van der Waals surface area contributed by atoms with Crippen molar-refractivity contribution in [1.29, 1.82) is 0 Å². The smallest absolute Gasteiger partial charge is 0.241 e. The lowest BCUT2D eigenvalue weighted by molar-refractivity contribution is -0.126. The number of carbonyl (C=O) groups excluding carboxylic acids is 2. The zero-order valence-electron chi connectivity index (χ0n) is 14.6. The SMILES string of the molecule is C[C@@]12C=C[C@@H](O1)[C@H]1C(=O)N(c3ccc(N=Nc4ccccc4)cc3)C(=O)[C@@H]12. The third kappa shape index (κ3) is 2.37. The maximum absolute atomic E-state index is 12.9. The van der Waals surface area contributed by atoms with Crippen molar-refractivity contribution in [3.05, 3.63) is 66.7 Å². The Morgan fingerprint density at radius 2 is 1.59 bits per heavy atom. The maximum atomic E-state index is 12.9. The Hall–Kier alpha value is -3.12. The summed E-state index contributed by atoms with van der Waals surface area (Å²) in [5, 5.41) is 8.36. The number of imide groups is 1. The highest BCUT2D eigenvalue weighted by Gasteiger charge is 2.65. The topological polar surface area (TPSA) is 71.3 Å². The zero-order valence-corrected chi connectivity index (χ0v) is 14.6. The molecule has 0 N–H and O–H groups in total. The first-order chi connectivity index (χ1) is 13.1. The molecule has 3 heterocycles. The average Bonchev–Trinajstić information content (AvgIpc) is 3.30. The van der Waals surface area contributed by atoms with Crippen LogP contribution in [0, 0.1) is 11.8 Å². The van der Waals surface area contributed by atoms with Crippen LogP contribution in [0.3, 0.4) is 0 Å². The summed E-state index contributed by atoms with van der Waals surface area (Å²) in [6.45, 7) is 1.87. The summed E-state index contributed by atoms with van der Waals surface area (Å²) < 4.78 is 5.84. The summed E-state index contributed by atoms with van der Waals surface area (Å²) in [6.07, 6.45) is 3.49. The van der Waals surface area contributed by atoms with Crippen LogP contribution in [0.5, 0.6) is 0 Å². The van der Waals surface area contributed by atoms with E-state index in [2.05, 4.69) is 10.2 Å². The minimum atomic E-state index is -0.680. The van der Waals surface area contributed by atoms with Gasteiger partial charge in [-0.15, -0.1) is 0 Å². The van der Waals surface area contributed by atoms with Gasteiger partial charge in [-0.25, -0.2) is 4.90 Å². The van der Waals surface area contributed by atoms with Crippen LogP contribution < -0.4 is 4.90 Å². The first-order valence-corrected chi connectivity index (χ1v) is 8.89. The Kier molecular flexibility index (Phi) is 3.39. The fraction of sp³-hybridized carbons (Fsp3) is 0.238. The van der Waals surface area contributed by atoms with Crippen LogP contribution in [-0.4, -0.2) is 23.5 Å². The predicted molar refractivity (Wildman–Crippen MR) is 99.0 cm³/mol. The normalized spacial score (nSPS) is 31.3. The Morgan fingerprint density at radius 3 is 2.26 bits per heavy atom. The number of rotatable bonds is 3. The molecule has 4 atom stereocenters. The van der Waals surface area contributed by atoms with Crippen molar-refractivity contribution in [2.75, 3.05) is 4.90 Å². The van der Waals surface area contributed by atoms with E-state index < -0.39 is 17.4 Å². The molecule has 2 bridgehead atoms. The van der Waals surface area contributed by atoms with Gasteiger partial charge in [0.05, 0.1) is 40.6 Å². The molecule has 0 radical (unpaired) electrons. The Labute approximate surface area is 156 Å². The number of anilines is 1. The molecule has 3 aliphatic heterocycles. The molecule has 5 rings (SSSR count). The first kappa shape index (κ1) is 16.1. The molecular formula is C21H17N3O3. The van der Waals surface area contributed by atoms with Gasteiger partial charge in [-0.05, 0) is 43.3 Å². The summed E-state index contributed by atoms with van der Waals surface area (Å²) in [5.41, 5.74) is 1.29. The molecule has 2 aromatic carbocycles. The second-order valence-electron chi connectivity index (χ2n) is 7.19. The van der Waals surface area contributed by atoms with Crippen LogP contribution >= 0.6 is 0 Å². The monoisotopic (exact) mass is 359 g/mol. The quantitative estimate of drug-likeness (QED) is 0.473. The van der Waals surface area contributed by atoms with Gasteiger partial charge in [0, 0.05) is 0 Å². The van der Waals surface area contributed by atoms with Crippen molar-refractivity contribution in [3.8, 4) is 0 Å². The molecule has 3 aliphatic rings. The summed E-state index contributed by atoms with van der Waals surface area (Å²) in [7, 11) is 0. The van der Waals surface area contributed by atoms with E-state index in [1.54, 1.807) is 24.3 Å². The Balaban J connectivity index is 1.39. The van der Waals surface area contributed by atoms with Gasteiger partial charge in [-0.1, -0.05) is 30.4 Å². The molecule has 27 heavy (non-hydrogen) atoms. The molecule has 2 fully saturated rings. The third-order valence-electron chi connectivity index (χ3n) is 5.47. The number of nitrogens with zero attached hydrogens (tertiary/aromatic N) is 3. The molecule has 6 nitrogen and oxygen atoms in total. The minimum absolute atomic E-state index is 0.193. The van der Waals surface area contributed by atoms with Gasteiger partial charge < -0.3 is 4.74 Å². The van der Waals surface area contributed by atoms with E-state index in [1.807, 2.05) is 49.4 Å². The lowest BCUT2D eigenvalue weighted by Gasteiger charge is -2.24. The molecule has 0 saturated carbocycles. The van der Waals surface area contributed by atoms with Gasteiger partial charge >= 0.3 is 0 Å². The molecule has 134 valence electrons. The van der Waals surface area contributed by atoms with Crippen LogP contribution in [0.1, 0.15) is 6.92 Å². The van der Waals surface area contributed by atoms with Crippen molar-refractivity contribution >= 4 is 28.9 Å². The number of hydrogen-bond donors (Lipinski definition) is 0. The van der Waals surface area contributed by atoms with Gasteiger partial charge in [0.25, 0.3) is 0 Å². The van der Waals surface area contributed by atoms with E-state index in [4.69, 9.17) is 4.74 Å². The number of ether oxygens (including phenoxy) is 1. The molecule has 0 aliphatic carbocycles. The molecule has 2 saturated heterocycles. The number of amides is 2. The largest absolute Gasteiger partial charge is 0.362 e. The Bertz CT molecular complexity index is 983. The lowest BCUT2D eigenvalue weighted by atomic mass is 9.78. The number of benzene rings is 2. The number of carbonyl (C=O) groups is 2. The van der Waals surface area contributed by atoms with Crippen molar-refractivity contribution < 1.29 is 14.3 Å². The summed E-state index contributed by atoms with van der Waals surface area (Å²) >= 11 is 0. The molecule has 2 amide bonds. The molecule has 0 aromatic heterocycles. The number of fused-ring (bicyclic) bond motifs is 5. The van der Waals surface area contributed by atoms with E-state index >= 15 is 0 Å². The molecule has 0 spiro atoms. The summed E-state index contributed by atoms with van der Waals surface area (Å²) in [6, 6.07) is 16.4. The van der Waals surface area contributed by atoms with Crippen molar-refractivity contribution in [2.24, 2.45) is 22.1 Å². The average molecular weight is 359 g/mol. The first-order valence-electron chi connectivity index (χ1n) is 8.89. The second kappa shape index (κ2) is 5.69. The highest BCUT2D eigenvalue weighted by Crippen LogP contribution is 2.52. The van der Waals surface area contributed by atoms with Crippen molar-refractivity contribution in [2.45, 2.75) is 18.6 Å². The van der Waals surface area contributed by atoms with Gasteiger partial charge in [0.1, 0.15) is 0 Å². The number of azo groups is 1. The summed E-state index contributed by atoms with van der Waals surface area (Å²) in [4.78, 5) is 27.1. The van der Waals surface area contributed by atoms with E-state index in [1.165, 1.54) is 4.90 Å².